The molecule has 0 fully saturated rings. The van der Waals surface area contributed by atoms with Crippen LogP contribution in [0.25, 0.3) is 0 Å². The molecule has 4 nitrogen and oxygen atoms in total. The van der Waals surface area contributed by atoms with Crippen molar-refractivity contribution in [3.63, 3.8) is 0 Å². The van der Waals surface area contributed by atoms with E-state index in [1.54, 1.807) is 25.1 Å². The molecule has 1 atom stereocenters. The number of aliphatic hydroxyl groups excluding tert-OH is 1. The molecule has 0 spiro atoms. The van der Waals surface area contributed by atoms with Gasteiger partial charge < -0.3 is 5.11 Å². The van der Waals surface area contributed by atoms with Gasteiger partial charge in [0.25, 0.3) is 5.69 Å². The first-order chi connectivity index (χ1) is 9.47. The van der Waals surface area contributed by atoms with Gasteiger partial charge in [-0.1, -0.05) is 11.8 Å². The summed E-state index contributed by atoms with van der Waals surface area (Å²) in [5.74, 6) is -0.408. The molecule has 0 saturated carbocycles. The molecule has 0 aliphatic heterocycles. The third-order valence-electron chi connectivity index (χ3n) is 2.70. The fraction of sp³-hybridized carbons (Fsp3) is 0.143. The highest BCUT2D eigenvalue weighted by molar-refractivity contribution is 7.99. The lowest BCUT2D eigenvalue weighted by molar-refractivity contribution is -0.384. The van der Waals surface area contributed by atoms with Crippen molar-refractivity contribution in [2.24, 2.45) is 0 Å². The summed E-state index contributed by atoms with van der Waals surface area (Å²) in [5, 5.41) is 20.2. The molecule has 2 rings (SSSR count). The molecule has 20 heavy (non-hydrogen) atoms. The molecule has 0 saturated heterocycles. The molecular weight excluding hydrogens is 281 g/mol. The normalized spacial score (nSPS) is 12.2. The predicted octanol–water partition coefficient (Wildman–Crippen LogP) is 3.94. The molecule has 6 heteroatoms. The Morgan fingerprint density at radius 1 is 1.25 bits per heavy atom. The highest BCUT2D eigenvalue weighted by Gasteiger charge is 2.11. The number of hydrogen-bond acceptors (Lipinski definition) is 4. The zero-order chi connectivity index (χ0) is 14.7. The van der Waals surface area contributed by atoms with Gasteiger partial charge in [0.1, 0.15) is 5.82 Å². The Hall–Kier alpha value is -1.92. The maximum Gasteiger partial charge on any atom is 0.269 e. The van der Waals surface area contributed by atoms with Crippen LogP contribution in [0.15, 0.2) is 52.3 Å². The van der Waals surface area contributed by atoms with Crippen LogP contribution in [0.3, 0.4) is 0 Å². The molecule has 0 bridgehead atoms. The van der Waals surface area contributed by atoms with E-state index in [9.17, 15) is 19.6 Å². The molecule has 0 radical (unpaired) electrons. The van der Waals surface area contributed by atoms with Crippen molar-refractivity contribution in [1.82, 2.24) is 0 Å². The lowest BCUT2D eigenvalue weighted by Gasteiger charge is -2.11. The van der Waals surface area contributed by atoms with Crippen molar-refractivity contribution >= 4 is 17.4 Å². The summed E-state index contributed by atoms with van der Waals surface area (Å²) in [6.45, 7) is 1.56. The summed E-state index contributed by atoms with van der Waals surface area (Å²) in [6, 6.07) is 10.3. The largest absolute Gasteiger partial charge is 0.389 e. The zero-order valence-electron chi connectivity index (χ0n) is 10.6. The van der Waals surface area contributed by atoms with Gasteiger partial charge in [0.05, 0.1) is 11.0 Å². The highest BCUT2D eigenvalue weighted by Crippen LogP contribution is 2.34. The molecule has 2 aromatic carbocycles. The van der Waals surface area contributed by atoms with E-state index in [1.807, 2.05) is 0 Å². The van der Waals surface area contributed by atoms with Gasteiger partial charge >= 0.3 is 0 Å². The molecule has 0 unspecified atom stereocenters. The molecule has 0 aromatic heterocycles. The van der Waals surface area contributed by atoms with Crippen LogP contribution < -0.4 is 0 Å². The molecular formula is C14H12FNO3S. The minimum atomic E-state index is -0.786. The maximum atomic E-state index is 13.2. The molecule has 0 heterocycles. The average molecular weight is 293 g/mol. The van der Waals surface area contributed by atoms with Crippen LogP contribution >= 0.6 is 11.8 Å². The minimum absolute atomic E-state index is 0.0178. The quantitative estimate of drug-likeness (QED) is 0.685. The Morgan fingerprint density at radius 2 is 1.90 bits per heavy atom. The van der Waals surface area contributed by atoms with Crippen LogP contribution in [0, 0.1) is 15.9 Å². The van der Waals surface area contributed by atoms with E-state index in [0.29, 0.717) is 5.56 Å². The second-order valence-electron chi connectivity index (χ2n) is 4.21. The van der Waals surface area contributed by atoms with Crippen molar-refractivity contribution in [2.75, 3.05) is 0 Å². The summed E-state index contributed by atoms with van der Waals surface area (Å²) in [6.07, 6.45) is -0.786. The van der Waals surface area contributed by atoms with Crippen LogP contribution in [0.5, 0.6) is 0 Å². The van der Waals surface area contributed by atoms with Crippen molar-refractivity contribution in [1.29, 1.82) is 0 Å². The van der Waals surface area contributed by atoms with E-state index in [4.69, 9.17) is 0 Å². The van der Waals surface area contributed by atoms with Crippen LogP contribution in [0.1, 0.15) is 18.6 Å². The number of non-ortho nitro benzene ring substituents is 1. The fourth-order valence-corrected chi connectivity index (χ4v) is 2.71. The van der Waals surface area contributed by atoms with E-state index >= 15 is 0 Å². The summed E-state index contributed by atoms with van der Waals surface area (Å²) in [4.78, 5) is 11.6. The van der Waals surface area contributed by atoms with Gasteiger partial charge in [-0.2, -0.15) is 0 Å². The van der Waals surface area contributed by atoms with E-state index in [2.05, 4.69) is 0 Å². The SMILES string of the molecule is C[C@H](O)c1cc(F)ccc1Sc1ccc([N+](=O)[O-])cc1. The third kappa shape index (κ3) is 3.34. The van der Waals surface area contributed by atoms with Crippen molar-refractivity contribution < 1.29 is 14.4 Å². The first-order valence-electron chi connectivity index (χ1n) is 5.87. The maximum absolute atomic E-state index is 13.2. The van der Waals surface area contributed by atoms with Gasteiger partial charge in [-0.15, -0.1) is 0 Å². The molecule has 2 aromatic rings. The van der Waals surface area contributed by atoms with Gasteiger partial charge in [0.2, 0.25) is 0 Å². The standard InChI is InChI=1S/C14H12FNO3S/c1-9(17)13-8-10(15)2-7-14(13)20-12-5-3-11(4-6-12)16(18)19/h2-9,17H,1H3/t9-/m0/s1. The van der Waals surface area contributed by atoms with E-state index < -0.39 is 16.8 Å². The number of hydrogen-bond donors (Lipinski definition) is 1. The number of nitrogens with zero attached hydrogens (tertiary/aromatic N) is 1. The summed E-state index contributed by atoms with van der Waals surface area (Å²) in [7, 11) is 0. The second kappa shape index (κ2) is 6.02. The number of benzene rings is 2. The predicted molar refractivity (Wildman–Crippen MR) is 74.3 cm³/mol. The minimum Gasteiger partial charge on any atom is -0.389 e. The van der Waals surface area contributed by atoms with Crippen LogP contribution in [-0.2, 0) is 0 Å². The Balaban J connectivity index is 2.27. The number of rotatable bonds is 4. The van der Waals surface area contributed by atoms with Gasteiger partial charge in [0.15, 0.2) is 0 Å². The fourth-order valence-electron chi connectivity index (χ4n) is 1.70. The van der Waals surface area contributed by atoms with Gasteiger partial charge in [-0.05, 0) is 42.8 Å². The Labute approximate surface area is 119 Å². The Morgan fingerprint density at radius 3 is 2.45 bits per heavy atom. The average Bonchev–Trinajstić information content (AvgIpc) is 2.41. The Bertz CT molecular complexity index is 629. The smallest absolute Gasteiger partial charge is 0.269 e. The number of nitro groups is 1. The first-order valence-corrected chi connectivity index (χ1v) is 6.69. The van der Waals surface area contributed by atoms with E-state index in [0.717, 1.165) is 9.79 Å². The summed E-state index contributed by atoms with van der Waals surface area (Å²) >= 11 is 1.32. The lowest BCUT2D eigenvalue weighted by Crippen LogP contribution is -1.95. The van der Waals surface area contributed by atoms with Crippen molar-refractivity contribution in [3.05, 3.63) is 64.0 Å². The van der Waals surface area contributed by atoms with E-state index in [1.165, 1.54) is 36.0 Å². The lowest BCUT2D eigenvalue weighted by atomic mass is 10.1. The van der Waals surface area contributed by atoms with Crippen LogP contribution in [0.4, 0.5) is 10.1 Å². The Kier molecular flexibility index (Phi) is 4.36. The molecule has 104 valence electrons. The topological polar surface area (TPSA) is 63.4 Å². The van der Waals surface area contributed by atoms with Crippen molar-refractivity contribution in [3.8, 4) is 0 Å². The van der Waals surface area contributed by atoms with Crippen LogP contribution in [0.2, 0.25) is 0 Å². The zero-order valence-corrected chi connectivity index (χ0v) is 11.4. The number of nitro benzene ring substituents is 1. The second-order valence-corrected chi connectivity index (χ2v) is 5.33. The molecule has 0 aliphatic carbocycles. The first kappa shape index (κ1) is 14.5. The molecule has 0 aliphatic rings. The van der Waals surface area contributed by atoms with Gasteiger partial charge in [-0.3, -0.25) is 10.1 Å². The van der Waals surface area contributed by atoms with Gasteiger partial charge in [0, 0.05) is 21.9 Å². The third-order valence-corrected chi connectivity index (χ3v) is 3.80. The highest BCUT2D eigenvalue weighted by atomic mass is 32.2. The van der Waals surface area contributed by atoms with Crippen LogP contribution in [-0.4, -0.2) is 10.0 Å². The number of aliphatic hydroxyl groups is 1. The summed E-state index contributed by atoms with van der Waals surface area (Å²) < 4.78 is 13.2. The molecule has 0 amide bonds. The van der Waals surface area contributed by atoms with E-state index in [-0.39, 0.29) is 5.69 Å². The number of halogens is 1. The van der Waals surface area contributed by atoms with Crippen molar-refractivity contribution in [2.45, 2.75) is 22.8 Å². The molecule has 1 N–H and O–H groups in total. The summed E-state index contributed by atoms with van der Waals surface area (Å²) in [5.41, 5.74) is 0.512. The monoisotopic (exact) mass is 293 g/mol. The van der Waals surface area contributed by atoms with Gasteiger partial charge in [-0.25, -0.2) is 4.39 Å².